The first-order valence-corrected chi connectivity index (χ1v) is 4.99. The molecule has 0 aliphatic rings. The minimum Gasteiger partial charge on any atom is -0.497 e. The number of rotatable bonds is 3. The Hall–Kier alpha value is -2.01. The number of aliphatic hydroxyl groups excluding tert-OH is 1. The van der Waals surface area contributed by atoms with Gasteiger partial charge in [0.05, 0.1) is 37.5 Å². The van der Waals surface area contributed by atoms with E-state index in [4.69, 9.17) is 9.84 Å². The maximum Gasteiger partial charge on any atom is 0.127 e. The molecule has 0 saturated carbocycles. The number of aliphatic hydroxyl groups is 1. The Morgan fingerprint density at radius 1 is 1.24 bits per heavy atom. The van der Waals surface area contributed by atoms with Crippen LogP contribution in [0.3, 0.4) is 0 Å². The summed E-state index contributed by atoms with van der Waals surface area (Å²) in [6.45, 7) is -0.167. The van der Waals surface area contributed by atoms with Gasteiger partial charge in [0.25, 0.3) is 0 Å². The highest BCUT2D eigenvalue weighted by Gasteiger charge is 2.05. The van der Waals surface area contributed by atoms with Crippen LogP contribution in [0.15, 0.2) is 30.6 Å². The first-order chi connectivity index (χ1) is 8.22. The van der Waals surface area contributed by atoms with E-state index in [0.29, 0.717) is 22.7 Å². The van der Waals surface area contributed by atoms with Gasteiger partial charge < -0.3 is 9.84 Å². The van der Waals surface area contributed by atoms with Crippen molar-refractivity contribution in [3.05, 3.63) is 42.1 Å². The van der Waals surface area contributed by atoms with Crippen molar-refractivity contribution in [2.75, 3.05) is 7.11 Å². The van der Waals surface area contributed by atoms with Gasteiger partial charge in [0.15, 0.2) is 0 Å². The Bertz CT molecular complexity index is 514. The van der Waals surface area contributed by atoms with Gasteiger partial charge in [-0.2, -0.15) is 0 Å². The zero-order valence-corrected chi connectivity index (χ0v) is 9.22. The molecule has 0 unspecified atom stereocenters. The van der Waals surface area contributed by atoms with Crippen molar-refractivity contribution < 1.29 is 14.2 Å². The van der Waals surface area contributed by atoms with Gasteiger partial charge in [-0.25, -0.2) is 4.39 Å². The fourth-order valence-electron chi connectivity index (χ4n) is 1.41. The van der Waals surface area contributed by atoms with Crippen LogP contribution in [-0.2, 0) is 6.61 Å². The lowest BCUT2D eigenvalue weighted by molar-refractivity contribution is 0.276. The molecule has 1 N–H and O–H groups in total. The Balaban J connectivity index is 2.41. The molecule has 17 heavy (non-hydrogen) atoms. The van der Waals surface area contributed by atoms with Crippen LogP contribution >= 0.6 is 0 Å². The van der Waals surface area contributed by atoms with E-state index in [9.17, 15) is 4.39 Å². The first-order valence-electron chi connectivity index (χ1n) is 4.99. The molecule has 0 bridgehead atoms. The fraction of sp³-hybridized carbons (Fsp3) is 0.167. The van der Waals surface area contributed by atoms with E-state index in [1.165, 1.54) is 31.6 Å². The highest BCUT2D eigenvalue weighted by Crippen LogP contribution is 2.23. The van der Waals surface area contributed by atoms with E-state index in [0.717, 1.165) is 0 Å². The van der Waals surface area contributed by atoms with E-state index in [2.05, 4.69) is 9.97 Å². The van der Waals surface area contributed by atoms with Gasteiger partial charge in [-0.1, -0.05) is 0 Å². The van der Waals surface area contributed by atoms with Crippen molar-refractivity contribution in [3.63, 3.8) is 0 Å². The van der Waals surface area contributed by atoms with E-state index < -0.39 is 5.82 Å². The van der Waals surface area contributed by atoms with Crippen LogP contribution in [0.4, 0.5) is 4.39 Å². The quantitative estimate of drug-likeness (QED) is 0.879. The van der Waals surface area contributed by atoms with Gasteiger partial charge in [-0.3, -0.25) is 9.97 Å². The molecular formula is C12H11FN2O2. The molecule has 0 saturated heterocycles. The van der Waals surface area contributed by atoms with Crippen molar-refractivity contribution in [2.45, 2.75) is 6.61 Å². The van der Waals surface area contributed by atoms with Crippen LogP contribution in [0.1, 0.15) is 5.69 Å². The molecule has 4 nitrogen and oxygen atoms in total. The summed E-state index contributed by atoms with van der Waals surface area (Å²) < 4.78 is 18.3. The molecule has 0 radical (unpaired) electrons. The number of aromatic nitrogens is 2. The first kappa shape index (κ1) is 11.5. The van der Waals surface area contributed by atoms with Crippen LogP contribution in [-0.4, -0.2) is 22.2 Å². The Morgan fingerprint density at radius 2 is 2.06 bits per heavy atom. The predicted molar refractivity (Wildman–Crippen MR) is 59.9 cm³/mol. The summed E-state index contributed by atoms with van der Waals surface area (Å²) in [5, 5.41) is 8.84. The van der Waals surface area contributed by atoms with Crippen LogP contribution in [0, 0.1) is 5.82 Å². The summed E-state index contributed by atoms with van der Waals surface area (Å²) in [5.41, 5.74) is 1.58. The van der Waals surface area contributed by atoms with Gasteiger partial charge in [-0.05, 0) is 12.1 Å². The van der Waals surface area contributed by atoms with Crippen molar-refractivity contribution >= 4 is 0 Å². The molecule has 0 aliphatic carbocycles. The van der Waals surface area contributed by atoms with Crippen LogP contribution in [0.2, 0.25) is 0 Å². The number of hydrogen-bond acceptors (Lipinski definition) is 4. The third kappa shape index (κ3) is 2.57. The summed E-state index contributed by atoms with van der Waals surface area (Å²) in [7, 11) is 1.47. The molecule has 1 aromatic heterocycles. The molecule has 2 rings (SSSR count). The highest BCUT2D eigenvalue weighted by atomic mass is 19.1. The Labute approximate surface area is 97.7 Å². The molecule has 0 amide bonds. The lowest BCUT2D eigenvalue weighted by Crippen LogP contribution is -1.93. The summed E-state index contributed by atoms with van der Waals surface area (Å²) in [6, 6.07) is 4.32. The minimum atomic E-state index is -0.396. The molecule has 5 heteroatoms. The fourth-order valence-corrected chi connectivity index (χ4v) is 1.41. The van der Waals surface area contributed by atoms with Crippen LogP contribution in [0.25, 0.3) is 11.3 Å². The van der Waals surface area contributed by atoms with E-state index in [-0.39, 0.29) is 6.61 Å². The second-order valence-corrected chi connectivity index (χ2v) is 3.43. The SMILES string of the molecule is COc1cc(F)cc(-c2cnc(CO)cn2)c1. The molecule has 0 atom stereocenters. The van der Waals surface area contributed by atoms with Crippen molar-refractivity contribution in [2.24, 2.45) is 0 Å². The van der Waals surface area contributed by atoms with Crippen molar-refractivity contribution in [3.8, 4) is 17.0 Å². The van der Waals surface area contributed by atoms with Crippen LogP contribution < -0.4 is 4.74 Å². The average molecular weight is 234 g/mol. The molecule has 1 heterocycles. The van der Waals surface area contributed by atoms with Crippen molar-refractivity contribution in [1.82, 2.24) is 9.97 Å². The van der Waals surface area contributed by atoms with Gasteiger partial charge >= 0.3 is 0 Å². The molecular weight excluding hydrogens is 223 g/mol. The van der Waals surface area contributed by atoms with Gasteiger partial charge in [0.2, 0.25) is 0 Å². The molecule has 0 fully saturated rings. The zero-order valence-electron chi connectivity index (χ0n) is 9.22. The third-order valence-electron chi connectivity index (χ3n) is 2.27. The number of hydrogen-bond donors (Lipinski definition) is 1. The number of halogens is 1. The smallest absolute Gasteiger partial charge is 0.127 e. The van der Waals surface area contributed by atoms with Crippen molar-refractivity contribution in [1.29, 1.82) is 0 Å². The highest BCUT2D eigenvalue weighted by molar-refractivity contribution is 5.60. The maximum atomic E-state index is 13.3. The zero-order chi connectivity index (χ0) is 12.3. The number of ether oxygens (including phenoxy) is 1. The van der Waals surface area contributed by atoms with Crippen LogP contribution in [0.5, 0.6) is 5.75 Å². The lowest BCUT2D eigenvalue weighted by Gasteiger charge is -2.05. The topological polar surface area (TPSA) is 55.2 Å². The number of methoxy groups -OCH3 is 1. The summed E-state index contributed by atoms with van der Waals surface area (Å²) in [4.78, 5) is 8.07. The summed E-state index contributed by atoms with van der Waals surface area (Å²) in [6.07, 6.45) is 2.94. The van der Waals surface area contributed by atoms with Gasteiger partial charge in [0.1, 0.15) is 11.6 Å². The minimum absolute atomic E-state index is 0.167. The second-order valence-electron chi connectivity index (χ2n) is 3.43. The summed E-state index contributed by atoms with van der Waals surface area (Å²) in [5.74, 6) is 0.0282. The number of nitrogens with zero attached hydrogens (tertiary/aromatic N) is 2. The molecule has 0 spiro atoms. The molecule has 2 aromatic rings. The lowest BCUT2D eigenvalue weighted by atomic mass is 10.1. The largest absolute Gasteiger partial charge is 0.497 e. The second kappa shape index (κ2) is 4.88. The molecule has 1 aromatic carbocycles. The van der Waals surface area contributed by atoms with E-state index in [1.54, 1.807) is 6.07 Å². The van der Waals surface area contributed by atoms with Gasteiger partial charge in [-0.15, -0.1) is 0 Å². The normalized spacial score (nSPS) is 10.3. The summed E-state index contributed by atoms with van der Waals surface area (Å²) >= 11 is 0. The number of benzene rings is 1. The average Bonchev–Trinajstić information content (AvgIpc) is 2.38. The van der Waals surface area contributed by atoms with Gasteiger partial charge in [0, 0.05) is 11.6 Å². The standard InChI is InChI=1S/C12H11FN2O2/c1-17-11-3-8(2-9(13)4-11)12-6-14-10(7-16)5-15-12/h2-6,16H,7H2,1H3. The van der Waals surface area contributed by atoms with E-state index >= 15 is 0 Å². The Kier molecular flexibility index (Phi) is 3.30. The monoisotopic (exact) mass is 234 g/mol. The third-order valence-corrected chi connectivity index (χ3v) is 2.27. The molecule has 0 aliphatic heterocycles. The predicted octanol–water partition coefficient (Wildman–Crippen LogP) is 1.78. The molecule has 88 valence electrons. The van der Waals surface area contributed by atoms with E-state index in [1.807, 2.05) is 0 Å². The Morgan fingerprint density at radius 3 is 2.65 bits per heavy atom. The maximum absolute atomic E-state index is 13.3.